The Morgan fingerprint density at radius 3 is 1.33 bits per heavy atom. The zero-order chi connectivity index (χ0) is 22.5. The van der Waals surface area contributed by atoms with Gasteiger partial charge in [-0.1, -0.05) is 49.2 Å². The number of benzene rings is 2. The second-order valence-electron chi connectivity index (χ2n) is 7.69. The van der Waals surface area contributed by atoms with Crippen LogP contribution in [0.1, 0.15) is 58.4 Å². The molecule has 0 saturated carbocycles. The van der Waals surface area contributed by atoms with Crippen molar-refractivity contribution < 1.29 is 16.5 Å². The SMILES string of the molecule is C/C([S-])=C(/[S-])Cc1c(C)cc(C)cc1C.C/C([S-])=C(/[S-])c1c(C)cc(C)cc1C.[Ni]. The number of rotatable bonds is 3. The van der Waals surface area contributed by atoms with Crippen LogP contribution in [0.2, 0.25) is 0 Å². The van der Waals surface area contributed by atoms with E-state index in [9.17, 15) is 0 Å². The molecule has 0 nitrogen and oxygen atoms in total. The van der Waals surface area contributed by atoms with Crippen molar-refractivity contribution in [2.75, 3.05) is 0 Å². The number of hydrogen-bond acceptors (Lipinski definition) is 4. The summed E-state index contributed by atoms with van der Waals surface area (Å²) in [5, 5.41) is 0. The number of aryl methyl sites for hydroxylation is 6. The van der Waals surface area contributed by atoms with Crippen molar-refractivity contribution in [3.63, 3.8) is 0 Å². The van der Waals surface area contributed by atoms with Gasteiger partial charge in [-0.15, -0.1) is 0 Å². The molecular weight excluding hydrogens is 487 g/mol. The molecule has 2 rings (SSSR count). The predicted molar refractivity (Wildman–Crippen MR) is 140 cm³/mol. The standard InChI is InChI=1S/C13H18S2.C12H16S2.Ni/c1-8-5-9(2)12(10(3)6-8)7-13(15)11(4)14;1-7-5-8(2)11(9(3)6-7)12(14)10(4)13;/h5-6,14-15H,7H2,1-4H3;5-6,13-14H,1-4H3;/p-4/b13-11-;12-10-;. The van der Waals surface area contributed by atoms with Crippen molar-refractivity contribution in [2.24, 2.45) is 0 Å². The molecule has 0 heterocycles. The van der Waals surface area contributed by atoms with Crippen LogP contribution in [0.5, 0.6) is 0 Å². The third-order valence-electron chi connectivity index (χ3n) is 4.79. The molecule has 0 aliphatic heterocycles. The Balaban J connectivity index is 0.000000544. The minimum absolute atomic E-state index is 0. The van der Waals surface area contributed by atoms with Crippen molar-refractivity contribution in [3.8, 4) is 0 Å². The first-order chi connectivity index (χ1) is 13.3. The molecule has 0 fully saturated rings. The van der Waals surface area contributed by atoms with Crippen LogP contribution < -0.4 is 0 Å². The van der Waals surface area contributed by atoms with Crippen molar-refractivity contribution in [1.29, 1.82) is 0 Å². The zero-order valence-electron chi connectivity index (χ0n) is 19.0. The fourth-order valence-electron chi connectivity index (χ4n) is 3.49. The fourth-order valence-corrected chi connectivity index (χ4v) is 4.13. The van der Waals surface area contributed by atoms with Crippen molar-refractivity contribution in [1.82, 2.24) is 0 Å². The van der Waals surface area contributed by atoms with Gasteiger partial charge < -0.3 is 50.5 Å². The van der Waals surface area contributed by atoms with E-state index >= 15 is 0 Å². The van der Waals surface area contributed by atoms with Crippen LogP contribution in [0, 0.1) is 41.5 Å². The van der Waals surface area contributed by atoms with Crippen LogP contribution in [0.15, 0.2) is 39.0 Å². The molecule has 0 N–H and O–H groups in total. The molecule has 0 unspecified atom stereocenters. The van der Waals surface area contributed by atoms with E-state index in [-0.39, 0.29) is 16.5 Å². The van der Waals surface area contributed by atoms with Crippen molar-refractivity contribution in [3.05, 3.63) is 83.5 Å². The molecule has 168 valence electrons. The van der Waals surface area contributed by atoms with Crippen LogP contribution in [0.4, 0.5) is 0 Å². The number of hydrogen-bond donors (Lipinski definition) is 0. The largest absolute Gasteiger partial charge is 0.786 e. The second-order valence-corrected chi connectivity index (χ2v) is 9.82. The molecule has 0 aromatic heterocycles. The van der Waals surface area contributed by atoms with E-state index in [0.29, 0.717) is 0 Å². The molecule has 2 aromatic carbocycles. The van der Waals surface area contributed by atoms with Crippen LogP contribution in [-0.4, -0.2) is 0 Å². The van der Waals surface area contributed by atoms with Gasteiger partial charge in [0.1, 0.15) is 0 Å². The summed E-state index contributed by atoms with van der Waals surface area (Å²) in [4.78, 5) is 3.34. The Bertz CT molecular complexity index is 902. The maximum Gasteiger partial charge on any atom is 0 e. The molecule has 0 bridgehead atoms. The van der Waals surface area contributed by atoms with Gasteiger partial charge in [0.2, 0.25) is 0 Å². The van der Waals surface area contributed by atoms with Gasteiger partial charge in [-0.05, 0) is 81.3 Å². The van der Waals surface area contributed by atoms with Gasteiger partial charge in [0, 0.05) is 16.5 Å². The predicted octanol–water partition coefficient (Wildman–Crippen LogP) is 6.87. The van der Waals surface area contributed by atoms with Gasteiger partial charge in [0.05, 0.1) is 0 Å². The van der Waals surface area contributed by atoms with E-state index in [1.165, 1.54) is 38.9 Å². The van der Waals surface area contributed by atoms with Crippen LogP contribution >= 0.6 is 0 Å². The molecular formula is C25H30NiS4-4. The van der Waals surface area contributed by atoms with E-state index in [1.807, 2.05) is 13.8 Å². The molecule has 0 aliphatic carbocycles. The maximum absolute atomic E-state index is 5.32. The van der Waals surface area contributed by atoms with Gasteiger partial charge in [-0.2, -0.15) is 4.91 Å². The Labute approximate surface area is 216 Å². The Hall–Kier alpha value is -0.706. The first-order valence-corrected chi connectivity index (χ1v) is 11.2. The summed E-state index contributed by atoms with van der Waals surface area (Å²) >= 11 is 20.8. The summed E-state index contributed by atoms with van der Waals surface area (Å²) in [6, 6.07) is 8.69. The average Bonchev–Trinajstić information content (AvgIpc) is 2.57. The van der Waals surface area contributed by atoms with E-state index in [2.05, 4.69) is 65.8 Å². The third-order valence-corrected chi connectivity index (χ3v) is 6.46. The second kappa shape index (κ2) is 13.0. The Morgan fingerprint density at radius 1 is 0.633 bits per heavy atom. The van der Waals surface area contributed by atoms with E-state index in [0.717, 1.165) is 31.6 Å². The van der Waals surface area contributed by atoms with Crippen LogP contribution in [0.3, 0.4) is 0 Å². The first kappa shape index (κ1) is 29.3. The van der Waals surface area contributed by atoms with Gasteiger partial charge in [-0.25, -0.2) is 14.7 Å². The van der Waals surface area contributed by atoms with E-state index < -0.39 is 0 Å². The Morgan fingerprint density at radius 2 is 1.00 bits per heavy atom. The first-order valence-electron chi connectivity index (χ1n) is 9.58. The summed E-state index contributed by atoms with van der Waals surface area (Å²) in [6.07, 6.45) is 0.808. The molecule has 0 saturated heterocycles. The van der Waals surface area contributed by atoms with Crippen molar-refractivity contribution in [2.45, 2.75) is 61.8 Å². The van der Waals surface area contributed by atoms with Gasteiger partial charge in [-0.3, -0.25) is 0 Å². The summed E-state index contributed by atoms with van der Waals surface area (Å²) < 4.78 is 0. The van der Waals surface area contributed by atoms with Crippen molar-refractivity contribution >= 4 is 55.4 Å². The minimum Gasteiger partial charge on any atom is -0.786 e. The van der Waals surface area contributed by atoms with E-state index in [4.69, 9.17) is 50.5 Å². The molecule has 5 heteroatoms. The molecule has 0 spiro atoms. The summed E-state index contributed by atoms with van der Waals surface area (Å²) in [6.45, 7) is 16.4. The molecule has 0 aliphatic rings. The molecule has 0 radical (unpaired) electrons. The molecule has 0 amide bonds. The summed E-state index contributed by atoms with van der Waals surface area (Å²) in [5.74, 6) is 0. The van der Waals surface area contributed by atoms with Crippen LogP contribution in [-0.2, 0) is 73.4 Å². The smallest absolute Gasteiger partial charge is 0 e. The zero-order valence-corrected chi connectivity index (χ0v) is 23.2. The van der Waals surface area contributed by atoms with Gasteiger partial charge in [0.15, 0.2) is 0 Å². The minimum atomic E-state index is 0. The Kier molecular flexibility index (Phi) is 12.7. The monoisotopic (exact) mass is 516 g/mol. The summed E-state index contributed by atoms with van der Waals surface area (Å²) in [5.41, 5.74) is 10.1. The molecule has 0 atom stereocenters. The van der Waals surface area contributed by atoms with Gasteiger partial charge in [0.25, 0.3) is 0 Å². The maximum atomic E-state index is 5.32. The quantitative estimate of drug-likeness (QED) is 0.322. The van der Waals surface area contributed by atoms with Gasteiger partial charge >= 0.3 is 0 Å². The molecule has 2 aromatic rings. The van der Waals surface area contributed by atoms with E-state index in [1.54, 1.807) is 0 Å². The normalized spacial score (nSPS) is 12.1. The van der Waals surface area contributed by atoms with Crippen LogP contribution in [0.25, 0.3) is 4.91 Å². The topological polar surface area (TPSA) is 0 Å². The average molecular weight is 517 g/mol. The molecule has 30 heavy (non-hydrogen) atoms. The number of allylic oxidation sites excluding steroid dienone is 3. The fraction of sp³-hybridized carbons (Fsp3) is 0.360. The third kappa shape index (κ3) is 8.44. The summed E-state index contributed by atoms with van der Waals surface area (Å²) in [7, 11) is 0.